The maximum atomic E-state index is 11.7. The van der Waals surface area contributed by atoms with Gasteiger partial charge in [0.15, 0.2) is 0 Å². The standard InChI is InChI=1S/C9H12ClNO2/c1-3-11(4-2)9(12)7-5-6-13-8(7)10/h5-6H,3-4H2,1-2H3. The van der Waals surface area contributed by atoms with Crippen LogP contribution < -0.4 is 0 Å². The Hall–Kier alpha value is -0.960. The Balaban J connectivity index is 2.84. The first kappa shape index (κ1) is 10.1. The van der Waals surface area contributed by atoms with Gasteiger partial charge in [-0.15, -0.1) is 0 Å². The molecule has 0 atom stereocenters. The Morgan fingerprint density at radius 2 is 2.15 bits per heavy atom. The quantitative estimate of drug-likeness (QED) is 0.753. The van der Waals surface area contributed by atoms with E-state index in [1.807, 2.05) is 13.8 Å². The largest absolute Gasteiger partial charge is 0.452 e. The molecule has 0 bridgehead atoms. The van der Waals surface area contributed by atoms with E-state index in [0.29, 0.717) is 18.7 Å². The van der Waals surface area contributed by atoms with Gasteiger partial charge in [0.1, 0.15) is 0 Å². The highest BCUT2D eigenvalue weighted by Gasteiger charge is 2.17. The molecule has 1 amide bonds. The Bertz CT molecular complexity index is 292. The van der Waals surface area contributed by atoms with Gasteiger partial charge in [0.05, 0.1) is 11.8 Å². The molecule has 0 N–H and O–H groups in total. The van der Waals surface area contributed by atoms with Crippen LogP contribution in [0.15, 0.2) is 16.7 Å². The molecular weight excluding hydrogens is 190 g/mol. The van der Waals surface area contributed by atoms with Gasteiger partial charge in [-0.3, -0.25) is 4.79 Å². The van der Waals surface area contributed by atoms with Crippen LogP contribution in [0.2, 0.25) is 5.22 Å². The van der Waals surface area contributed by atoms with Crippen LogP contribution in [0, 0.1) is 0 Å². The van der Waals surface area contributed by atoms with E-state index in [-0.39, 0.29) is 11.1 Å². The second kappa shape index (κ2) is 4.33. The van der Waals surface area contributed by atoms with E-state index >= 15 is 0 Å². The molecule has 4 heteroatoms. The highest BCUT2D eigenvalue weighted by molar-refractivity contribution is 6.32. The fourth-order valence-electron chi connectivity index (χ4n) is 1.13. The third-order valence-corrected chi connectivity index (χ3v) is 2.19. The summed E-state index contributed by atoms with van der Waals surface area (Å²) in [6.45, 7) is 5.21. The zero-order valence-corrected chi connectivity index (χ0v) is 8.47. The summed E-state index contributed by atoms with van der Waals surface area (Å²) in [5.41, 5.74) is 0.436. The van der Waals surface area contributed by atoms with Crippen LogP contribution in [0.4, 0.5) is 0 Å². The summed E-state index contributed by atoms with van der Waals surface area (Å²) in [7, 11) is 0. The summed E-state index contributed by atoms with van der Waals surface area (Å²) in [6.07, 6.45) is 1.42. The minimum atomic E-state index is -0.0799. The second-order valence-electron chi connectivity index (χ2n) is 2.59. The van der Waals surface area contributed by atoms with Gasteiger partial charge in [0, 0.05) is 13.1 Å². The van der Waals surface area contributed by atoms with E-state index in [4.69, 9.17) is 16.0 Å². The summed E-state index contributed by atoms with van der Waals surface area (Å²) in [5, 5.41) is 0.164. The molecule has 1 heterocycles. The molecule has 13 heavy (non-hydrogen) atoms. The van der Waals surface area contributed by atoms with E-state index in [0.717, 1.165) is 0 Å². The van der Waals surface area contributed by atoms with E-state index in [2.05, 4.69) is 0 Å². The highest BCUT2D eigenvalue weighted by atomic mass is 35.5. The predicted molar refractivity (Wildman–Crippen MR) is 51.0 cm³/mol. The van der Waals surface area contributed by atoms with Gasteiger partial charge in [0.25, 0.3) is 5.91 Å². The van der Waals surface area contributed by atoms with Gasteiger partial charge in [-0.05, 0) is 31.5 Å². The second-order valence-corrected chi connectivity index (χ2v) is 2.93. The number of amides is 1. The average Bonchev–Trinajstić information content (AvgIpc) is 2.53. The third-order valence-electron chi connectivity index (χ3n) is 1.90. The van der Waals surface area contributed by atoms with Crippen molar-refractivity contribution < 1.29 is 9.21 Å². The topological polar surface area (TPSA) is 33.5 Å². The molecule has 0 saturated carbocycles. The molecule has 0 spiro atoms. The van der Waals surface area contributed by atoms with E-state index < -0.39 is 0 Å². The van der Waals surface area contributed by atoms with Crippen LogP contribution in [0.1, 0.15) is 24.2 Å². The maximum absolute atomic E-state index is 11.7. The van der Waals surface area contributed by atoms with Crippen LogP contribution in [0.5, 0.6) is 0 Å². The molecule has 0 radical (unpaired) electrons. The summed E-state index contributed by atoms with van der Waals surface area (Å²) in [4.78, 5) is 13.4. The third kappa shape index (κ3) is 2.04. The van der Waals surface area contributed by atoms with Gasteiger partial charge >= 0.3 is 0 Å². The van der Waals surface area contributed by atoms with Crippen LogP contribution in [0.25, 0.3) is 0 Å². The summed E-state index contributed by atoms with van der Waals surface area (Å²) < 4.78 is 4.84. The molecule has 3 nitrogen and oxygen atoms in total. The lowest BCUT2D eigenvalue weighted by Crippen LogP contribution is -2.30. The van der Waals surface area contributed by atoms with Crippen molar-refractivity contribution in [3.05, 3.63) is 23.1 Å². The van der Waals surface area contributed by atoms with Crippen LogP contribution in [0.3, 0.4) is 0 Å². The molecule has 1 aromatic rings. The molecule has 1 rings (SSSR count). The minimum absolute atomic E-state index is 0.0799. The summed E-state index contributed by atoms with van der Waals surface area (Å²) in [6, 6.07) is 1.59. The van der Waals surface area contributed by atoms with Gasteiger partial charge in [-0.2, -0.15) is 0 Å². The number of nitrogens with zero attached hydrogens (tertiary/aromatic N) is 1. The van der Waals surface area contributed by atoms with Crippen molar-refractivity contribution in [2.75, 3.05) is 13.1 Å². The first-order valence-electron chi connectivity index (χ1n) is 4.23. The van der Waals surface area contributed by atoms with Gasteiger partial charge in [-0.1, -0.05) is 0 Å². The first-order chi connectivity index (χ1) is 6.20. The summed E-state index contributed by atoms with van der Waals surface area (Å²) in [5.74, 6) is -0.0799. The zero-order valence-electron chi connectivity index (χ0n) is 7.71. The van der Waals surface area contributed by atoms with Crippen molar-refractivity contribution in [1.29, 1.82) is 0 Å². The molecule has 0 fully saturated rings. The van der Waals surface area contributed by atoms with Crippen LogP contribution in [-0.4, -0.2) is 23.9 Å². The SMILES string of the molecule is CCN(CC)C(=O)c1ccoc1Cl. The number of carbonyl (C=O) groups excluding carboxylic acids is 1. The fraction of sp³-hybridized carbons (Fsp3) is 0.444. The van der Waals surface area contributed by atoms with E-state index in [9.17, 15) is 4.79 Å². The van der Waals surface area contributed by atoms with E-state index in [1.54, 1.807) is 11.0 Å². The van der Waals surface area contributed by atoms with Gasteiger partial charge < -0.3 is 9.32 Å². The van der Waals surface area contributed by atoms with Crippen molar-refractivity contribution in [2.45, 2.75) is 13.8 Å². The molecule has 72 valence electrons. The lowest BCUT2D eigenvalue weighted by molar-refractivity contribution is 0.0772. The number of hydrogen-bond acceptors (Lipinski definition) is 2. The lowest BCUT2D eigenvalue weighted by atomic mass is 10.3. The van der Waals surface area contributed by atoms with Crippen molar-refractivity contribution in [3.63, 3.8) is 0 Å². The Kier molecular flexibility index (Phi) is 3.37. The van der Waals surface area contributed by atoms with Crippen molar-refractivity contribution in [2.24, 2.45) is 0 Å². The molecule has 1 aromatic heterocycles. The molecule has 0 aliphatic rings. The number of furan rings is 1. The zero-order chi connectivity index (χ0) is 9.84. The monoisotopic (exact) mass is 201 g/mol. The van der Waals surface area contributed by atoms with Crippen LogP contribution >= 0.6 is 11.6 Å². The molecule has 0 aromatic carbocycles. The highest BCUT2D eigenvalue weighted by Crippen LogP contribution is 2.18. The van der Waals surface area contributed by atoms with Crippen molar-refractivity contribution in [1.82, 2.24) is 4.90 Å². The number of rotatable bonds is 3. The van der Waals surface area contributed by atoms with E-state index in [1.165, 1.54) is 6.26 Å². The van der Waals surface area contributed by atoms with Gasteiger partial charge in [-0.25, -0.2) is 0 Å². The molecule has 0 aliphatic carbocycles. The van der Waals surface area contributed by atoms with Crippen LogP contribution in [-0.2, 0) is 0 Å². The molecule has 0 saturated heterocycles. The Morgan fingerprint density at radius 1 is 1.54 bits per heavy atom. The number of halogens is 1. The van der Waals surface area contributed by atoms with Gasteiger partial charge in [0.2, 0.25) is 5.22 Å². The fourth-order valence-corrected chi connectivity index (χ4v) is 1.32. The minimum Gasteiger partial charge on any atom is -0.452 e. The predicted octanol–water partition coefficient (Wildman–Crippen LogP) is 2.42. The van der Waals surface area contributed by atoms with Crippen molar-refractivity contribution in [3.8, 4) is 0 Å². The summed E-state index contributed by atoms with van der Waals surface area (Å²) >= 11 is 5.68. The Morgan fingerprint density at radius 3 is 2.54 bits per heavy atom. The molecule has 0 unspecified atom stereocenters. The maximum Gasteiger partial charge on any atom is 0.258 e. The smallest absolute Gasteiger partial charge is 0.258 e. The number of carbonyl (C=O) groups is 1. The number of hydrogen-bond donors (Lipinski definition) is 0. The molecular formula is C9H12ClNO2. The first-order valence-corrected chi connectivity index (χ1v) is 4.60. The molecule has 0 aliphatic heterocycles. The lowest BCUT2D eigenvalue weighted by Gasteiger charge is -2.17. The normalized spacial score (nSPS) is 10.1. The Labute approximate surface area is 82.3 Å². The van der Waals surface area contributed by atoms with Crippen molar-refractivity contribution >= 4 is 17.5 Å². The average molecular weight is 202 g/mol.